The van der Waals surface area contributed by atoms with E-state index in [0.717, 1.165) is 5.69 Å². The molecule has 15 heavy (non-hydrogen) atoms. The third-order valence-corrected chi connectivity index (χ3v) is 2.55. The smallest absolute Gasteiger partial charge is 0.144 e. The van der Waals surface area contributed by atoms with E-state index in [2.05, 4.69) is 40.5 Å². The first kappa shape index (κ1) is 8.36. The number of benzene rings is 2. The van der Waals surface area contributed by atoms with Gasteiger partial charge in [0.15, 0.2) is 0 Å². The van der Waals surface area contributed by atoms with Crippen LogP contribution < -0.4 is 10.2 Å². The molecule has 0 bridgehead atoms. The van der Waals surface area contributed by atoms with Gasteiger partial charge in [0, 0.05) is 5.69 Å². The molecule has 3 rings (SSSR count). The Morgan fingerprint density at radius 1 is 0.800 bits per heavy atom. The molecule has 1 aliphatic heterocycles. The highest BCUT2D eigenvalue weighted by Gasteiger charge is 2.19. The fourth-order valence-electron chi connectivity index (χ4n) is 1.81. The topological polar surface area (TPSA) is 15.3 Å². The molecule has 0 saturated heterocycles. The molecular weight excluding hydrogens is 184 g/mol. The molecule has 2 nitrogen and oxygen atoms in total. The zero-order valence-electron chi connectivity index (χ0n) is 8.22. The van der Waals surface area contributed by atoms with Crippen molar-refractivity contribution in [2.45, 2.75) is 0 Å². The molecule has 0 unspecified atom stereocenters. The Hall–Kier alpha value is -1.96. The molecule has 0 atom stereocenters. The van der Waals surface area contributed by atoms with Crippen molar-refractivity contribution in [2.75, 3.05) is 10.2 Å². The number of rotatable bonds is 1. The standard InChI is InChI=1S/C13H11N2/c1-2-6-11(7-3-1)15-10-14-12-8-4-5-9-13(12)15/h1-10,14H. The fraction of sp³-hybridized carbons (Fsp3) is 0. The van der Waals surface area contributed by atoms with Crippen LogP contribution in [0.5, 0.6) is 0 Å². The van der Waals surface area contributed by atoms with Gasteiger partial charge >= 0.3 is 0 Å². The molecule has 73 valence electrons. The number of nitrogens with one attached hydrogen (secondary N) is 1. The van der Waals surface area contributed by atoms with Crippen molar-refractivity contribution in [3.63, 3.8) is 0 Å². The Morgan fingerprint density at radius 3 is 2.40 bits per heavy atom. The number of hydrogen-bond acceptors (Lipinski definition) is 2. The molecule has 0 aliphatic carbocycles. The van der Waals surface area contributed by atoms with Crippen LogP contribution in [-0.4, -0.2) is 0 Å². The lowest BCUT2D eigenvalue weighted by molar-refractivity contribution is 1.23. The van der Waals surface area contributed by atoms with Gasteiger partial charge in [-0.15, -0.1) is 0 Å². The highest BCUT2D eigenvalue weighted by molar-refractivity contribution is 5.83. The molecule has 1 radical (unpaired) electrons. The zero-order valence-corrected chi connectivity index (χ0v) is 8.22. The van der Waals surface area contributed by atoms with Crippen molar-refractivity contribution in [1.29, 1.82) is 0 Å². The van der Waals surface area contributed by atoms with Gasteiger partial charge in [0.05, 0.1) is 11.4 Å². The van der Waals surface area contributed by atoms with Gasteiger partial charge in [-0.1, -0.05) is 30.3 Å². The molecule has 0 aromatic heterocycles. The summed E-state index contributed by atoms with van der Waals surface area (Å²) < 4.78 is 0. The largest absolute Gasteiger partial charge is 0.360 e. The normalized spacial score (nSPS) is 13.5. The quantitative estimate of drug-likeness (QED) is 0.750. The Kier molecular flexibility index (Phi) is 1.85. The zero-order chi connectivity index (χ0) is 10.1. The van der Waals surface area contributed by atoms with Gasteiger partial charge in [-0.3, -0.25) is 0 Å². The molecule has 1 N–H and O–H groups in total. The molecule has 0 fully saturated rings. The molecule has 0 saturated carbocycles. The minimum absolute atomic E-state index is 1.15. The summed E-state index contributed by atoms with van der Waals surface area (Å²) in [6.07, 6.45) is 0. The summed E-state index contributed by atoms with van der Waals surface area (Å²) in [6, 6.07) is 18.6. The summed E-state index contributed by atoms with van der Waals surface area (Å²) in [4.78, 5) is 2.15. The Bertz CT molecular complexity index is 465. The molecule has 1 aliphatic rings. The van der Waals surface area contributed by atoms with E-state index in [1.54, 1.807) is 0 Å². The highest BCUT2D eigenvalue weighted by Crippen LogP contribution is 2.37. The molecule has 1 heterocycles. The van der Waals surface area contributed by atoms with E-state index in [4.69, 9.17) is 0 Å². The second kappa shape index (κ2) is 3.31. The lowest BCUT2D eigenvalue weighted by Crippen LogP contribution is -2.09. The number of anilines is 3. The van der Waals surface area contributed by atoms with Crippen LogP contribution in [0.4, 0.5) is 17.1 Å². The van der Waals surface area contributed by atoms with Crippen LogP contribution in [0.1, 0.15) is 0 Å². The van der Waals surface area contributed by atoms with Crippen molar-refractivity contribution < 1.29 is 0 Å². The summed E-state index contributed by atoms with van der Waals surface area (Å²) in [5, 5.41) is 3.25. The average Bonchev–Trinajstić information content (AvgIpc) is 2.74. The van der Waals surface area contributed by atoms with Crippen LogP contribution in [0.3, 0.4) is 0 Å². The van der Waals surface area contributed by atoms with Crippen molar-refractivity contribution in [2.24, 2.45) is 0 Å². The average molecular weight is 195 g/mol. The monoisotopic (exact) mass is 195 g/mol. The fourth-order valence-corrected chi connectivity index (χ4v) is 1.81. The summed E-state index contributed by atoms with van der Waals surface area (Å²) in [6.45, 7) is 1.99. The summed E-state index contributed by atoms with van der Waals surface area (Å²) in [5.74, 6) is 0. The molecule has 2 heteroatoms. The number of hydrogen-bond donors (Lipinski definition) is 1. The minimum atomic E-state index is 1.15. The molecular formula is C13H11N2. The van der Waals surface area contributed by atoms with E-state index in [0.29, 0.717) is 0 Å². The molecule has 2 aromatic carbocycles. The predicted molar refractivity (Wildman–Crippen MR) is 62.9 cm³/mol. The molecule has 0 spiro atoms. The second-order valence-corrected chi connectivity index (χ2v) is 3.50. The second-order valence-electron chi connectivity index (χ2n) is 3.50. The third kappa shape index (κ3) is 1.34. The van der Waals surface area contributed by atoms with Crippen molar-refractivity contribution >= 4 is 17.1 Å². The van der Waals surface area contributed by atoms with Crippen LogP contribution in [-0.2, 0) is 0 Å². The van der Waals surface area contributed by atoms with Gasteiger partial charge in [0.25, 0.3) is 0 Å². The number of nitrogens with zero attached hydrogens (tertiary/aromatic N) is 1. The van der Waals surface area contributed by atoms with E-state index < -0.39 is 0 Å². The third-order valence-electron chi connectivity index (χ3n) is 2.55. The Balaban J connectivity index is 2.05. The van der Waals surface area contributed by atoms with Crippen molar-refractivity contribution in [3.05, 3.63) is 61.3 Å². The van der Waals surface area contributed by atoms with E-state index in [1.807, 2.05) is 30.9 Å². The lowest BCUT2D eigenvalue weighted by Gasteiger charge is -2.16. The summed E-state index contributed by atoms with van der Waals surface area (Å²) >= 11 is 0. The van der Waals surface area contributed by atoms with Gasteiger partial charge in [-0.05, 0) is 24.3 Å². The van der Waals surface area contributed by atoms with Gasteiger partial charge < -0.3 is 10.2 Å². The summed E-state index contributed by atoms with van der Waals surface area (Å²) in [7, 11) is 0. The lowest BCUT2D eigenvalue weighted by atomic mass is 10.2. The van der Waals surface area contributed by atoms with Gasteiger partial charge in [0.1, 0.15) is 6.67 Å². The number of fused-ring (bicyclic) bond motifs is 1. The van der Waals surface area contributed by atoms with Crippen molar-refractivity contribution in [1.82, 2.24) is 0 Å². The van der Waals surface area contributed by atoms with E-state index in [1.165, 1.54) is 11.4 Å². The summed E-state index contributed by atoms with van der Waals surface area (Å²) in [5.41, 5.74) is 3.53. The van der Waals surface area contributed by atoms with Crippen LogP contribution >= 0.6 is 0 Å². The SMILES string of the molecule is [CH]1Nc2ccccc2N1c1ccccc1. The van der Waals surface area contributed by atoms with E-state index >= 15 is 0 Å². The number of para-hydroxylation sites is 3. The Labute approximate surface area is 89.2 Å². The highest BCUT2D eigenvalue weighted by atomic mass is 15.3. The first-order valence-electron chi connectivity index (χ1n) is 4.98. The molecule has 2 aromatic rings. The maximum absolute atomic E-state index is 3.25. The van der Waals surface area contributed by atoms with E-state index in [9.17, 15) is 0 Å². The molecule has 0 amide bonds. The van der Waals surface area contributed by atoms with Gasteiger partial charge in [-0.2, -0.15) is 0 Å². The van der Waals surface area contributed by atoms with E-state index in [-0.39, 0.29) is 0 Å². The van der Waals surface area contributed by atoms with Crippen LogP contribution in [0.2, 0.25) is 0 Å². The maximum Gasteiger partial charge on any atom is 0.144 e. The Morgan fingerprint density at radius 2 is 1.53 bits per heavy atom. The predicted octanol–water partition coefficient (Wildman–Crippen LogP) is 3.37. The maximum atomic E-state index is 3.25. The minimum Gasteiger partial charge on any atom is -0.360 e. The van der Waals surface area contributed by atoms with Crippen LogP contribution in [0.25, 0.3) is 0 Å². The van der Waals surface area contributed by atoms with Crippen LogP contribution in [0.15, 0.2) is 54.6 Å². The van der Waals surface area contributed by atoms with Crippen LogP contribution in [0, 0.1) is 6.67 Å². The first-order valence-corrected chi connectivity index (χ1v) is 4.98. The van der Waals surface area contributed by atoms with Crippen molar-refractivity contribution in [3.8, 4) is 0 Å². The van der Waals surface area contributed by atoms with Gasteiger partial charge in [0.2, 0.25) is 0 Å². The first-order chi connectivity index (χ1) is 7.45. The van der Waals surface area contributed by atoms with Gasteiger partial charge in [-0.25, -0.2) is 0 Å².